The Labute approximate surface area is 315 Å². The molecule has 3 fully saturated rings. The van der Waals surface area contributed by atoms with E-state index in [0.717, 1.165) is 13.8 Å². The summed E-state index contributed by atoms with van der Waals surface area (Å²) in [7, 11) is -6.27. The lowest BCUT2D eigenvalue weighted by Crippen LogP contribution is -2.64. The maximum Gasteiger partial charge on any atom is 0.469 e. The van der Waals surface area contributed by atoms with Crippen molar-refractivity contribution in [2.45, 2.75) is 117 Å². The number of ether oxygens (including phenoxy) is 7. The van der Waals surface area contributed by atoms with E-state index < -0.39 is 165 Å². The molecule has 0 radical (unpaired) electrons. The van der Waals surface area contributed by atoms with Crippen LogP contribution in [0.3, 0.4) is 0 Å². The molecular formula is C28H55O25P2-. The molecule has 0 bridgehead atoms. The monoisotopic (exact) mass is 853 g/mol. The third-order valence-corrected chi connectivity index (χ3v) is 9.94. The van der Waals surface area contributed by atoms with Crippen molar-refractivity contribution < 1.29 is 122 Å². The number of aliphatic hydroxyl groups excluding tert-OH is 11. The van der Waals surface area contributed by atoms with Crippen LogP contribution < -0.4 is 4.89 Å². The second-order valence-electron chi connectivity index (χ2n) is 12.9. The highest BCUT2D eigenvalue weighted by atomic mass is 31.2. The van der Waals surface area contributed by atoms with Gasteiger partial charge in [0.15, 0.2) is 6.29 Å². The Kier molecular flexibility index (Phi) is 21.0. The van der Waals surface area contributed by atoms with Gasteiger partial charge < -0.3 is 113 Å². The molecule has 0 aromatic heterocycles. The van der Waals surface area contributed by atoms with Gasteiger partial charge in [-0.2, -0.15) is 0 Å². The van der Waals surface area contributed by atoms with Crippen LogP contribution in [0.1, 0.15) is 6.92 Å². The molecule has 0 aromatic rings. The number of rotatable bonds is 18. The lowest BCUT2D eigenvalue weighted by molar-refractivity contribution is -0.329. The summed E-state index contributed by atoms with van der Waals surface area (Å²) in [6.07, 6.45) is -26.9. The predicted octanol–water partition coefficient (Wildman–Crippen LogP) is -7.77. The maximum atomic E-state index is 11.4. The van der Waals surface area contributed by atoms with Gasteiger partial charge in [0.25, 0.3) is 0 Å². The lowest BCUT2D eigenvalue weighted by Gasteiger charge is -2.46. The first-order chi connectivity index (χ1) is 25.5. The summed E-state index contributed by atoms with van der Waals surface area (Å²) in [6.45, 7) is -2.11. The molecule has 0 spiro atoms. The number of phosphoric acid groups is 1. The van der Waals surface area contributed by atoms with Crippen molar-refractivity contribution >= 4 is 15.4 Å². The fourth-order valence-electron chi connectivity index (χ4n) is 5.81. The van der Waals surface area contributed by atoms with Crippen molar-refractivity contribution in [3.8, 4) is 0 Å². The summed E-state index contributed by atoms with van der Waals surface area (Å²) in [5.41, 5.74) is 0. The van der Waals surface area contributed by atoms with Gasteiger partial charge in [0.05, 0.1) is 45.7 Å². The van der Waals surface area contributed by atoms with Crippen LogP contribution in [0, 0.1) is 0 Å². The maximum absolute atomic E-state index is 11.4. The summed E-state index contributed by atoms with van der Waals surface area (Å²) < 4.78 is 67.9. The minimum atomic E-state index is -4.30. The molecule has 0 saturated carbocycles. The van der Waals surface area contributed by atoms with Crippen LogP contribution in [0.5, 0.6) is 0 Å². The molecule has 19 atom stereocenters. The molecule has 3 saturated heterocycles. The Bertz CT molecular complexity index is 1190. The van der Waals surface area contributed by atoms with Crippen molar-refractivity contribution in [2.75, 3.05) is 60.5 Å². The molecule has 0 aliphatic carbocycles. The Morgan fingerprint density at radius 3 is 1.67 bits per heavy atom. The minimum absolute atomic E-state index is 0.431. The molecule has 27 heteroatoms. The lowest BCUT2D eigenvalue weighted by atomic mass is 9.93. The van der Waals surface area contributed by atoms with Crippen LogP contribution in [0.4, 0.5) is 0 Å². The average molecular weight is 854 g/mol. The van der Waals surface area contributed by atoms with Gasteiger partial charge in [-0.3, -0.25) is 4.52 Å². The van der Waals surface area contributed by atoms with Crippen LogP contribution in [0.25, 0.3) is 0 Å². The molecule has 3 aliphatic heterocycles. The SMILES string of the molecule is COC1[C@@H](CO[C@H]2C(O)[C@@H](CO[C@@H]3C(O)[C@H](OC(C(O)CO)C(O)COP(C)(=O)[O-])OC(C)[C@@H]3O)OC(CO)[C@H]2O)OC(CO)[C@H](O)[C@H]1O.COP(=O)(O)O. The molecule has 0 amide bonds. The molecule has 3 heterocycles. The van der Waals surface area contributed by atoms with Crippen LogP contribution in [-0.4, -0.2) is 237 Å². The number of hydrogen-bond acceptors (Lipinski definition) is 23. The van der Waals surface area contributed by atoms with Crippen LogP contribution >= 0.6 is 15.4 Å². The Balaban J connectivity index is 0.00000161. The number of hydrogen-bond donors (Lipinski definition) is 13. The predicted molar refractivity (Wildman–Crippen MR) is 175 cm³/mol. The van der Waals surface area contributed by atoms with E-state index in [4.69, 9.17) is 42.9 Å². The first-order valence-corrected chi connectivity index (χ1v) is 20.3. The van der Waals surface area contributed by atoms with Gasteiger partial charge in [-0.1, -0.05) is 0 Å². The minimum Gasteiger partial charge on any atom is -0.779 e. The second kappa shape index (κ2) is 22.8. The Morgan fingerprint density at radius 2 is 1.18 bits per heavy atom. The molecule has 0 aromatic carbocycles. The summed E-state index contributed by atoms with van der Waals surface area (Å²) in [6, 6.07) is 0. The molecule has 13 N–H and O–H groups in total. The van der Waals surface area contributed by atoms with E-state index in [-0.39, 0.29) is 0 Å². The van der Waals surface area contributed by atoms with Gasteiger partial charge in [0, 0.05) is 20.9 Å². The van der Waals surface area contributed by atoms with E-state index >= 15 is 0 Å². The van der Waals surface area contributed by atoms with Crippen molar-refractivity contribution in [3.05, 3.63) is 0 Å². The Hall–Kier alpha value is -0.460. The van der Waals surface area contributed by atoms with Crippen molar-refractivity contribution in [2.24, 2.45) is 0 Å². The molecule has 328 valence electrons. The summed E-state index contributed by atoms with van der Waals surface area (Å²) in [4.78, 5) is 26.8. The van der Waals surface area contributed by atoms with Crippen molar-refractivity contribution in [1.29, 1.82) is 0 Å². The van der Waals surface area contributed by atoms with E-state index in [9.17, 15) is 70.2 Å². The number of methoxy groups -OCH3 is 1. The van der Waals surface area contributed by atoms with E-state index in [2.05, 4.69) is 9.05 Å². The number of aliphatic hydroxyl groups is 11. The topological polar surface area (TPSA) is 403 Å². The van der Waals surface area contributed by atoms with E-state index in [0.29, 0.717) is 0 Å². The number of phosphoric ester groups is 1. The van der Waals surface area contributed by atoms with Gasteiger partial charge >= 0.3 is 7.82 Å². The van der Waals surface area contributed by atoms with E-state index in [1.165, 1.54) is 14.0 Å². The molecule has 10 unspecified atom stereocenters. The zero-order chi connectivity index (χ0) is 42.0. The smallest absolute Gasteiger partial charge is 0.469 e. The van der Waals surface area contributed by atoms with Gasteiger partial charge in [-0.05, 0) is 6.92 Å². The van der Waals surface area contributed by atoms with E-state index in [1.807, 2.05) is 0 Å². The van der Waals surface area contributed by atoms with Crippen molar-refractivity contribution in [3.63, 3.8) is 0 Å². The van der Waals surface area contributed by atoms with Crippen molar-refractivity contribution in [1.82, 2.24) is 0 Å². The third kappa shape index (κ3) is 14.6. The van der Waals surface area contributed by atoms with Crippen LogP contribution in [0.2, 0.25) is 0 Å². The van der Waals surface area contributed by atoms with Gasteiger partial charge in [0.2, 0.25) is 0 Å². The summed E-state index contributed by atoms with van der Waals surface area (Å²) >= 11 is 0. The molecule has 3 rings (SSSR count). The first-order valence-electron chi connectivity index (χ1n) is 16.7. The van der Waals surface area contributed by atoms with Gasteiger partial charge in [-0.15, -0.1) is 0 Å². The fraction of sp³-hybridized carbons (Fsp3) is 1.00. The summed E-state index contributed by atoms with van der Waals surface area (Å²) in [5, 5.41) is 114. The fourth-order valence-corrected chi connectivity index (χ4v) is 6.23. The molecular weight excluding hydrogens is 798 g/mol. The molecule has 3 aliphatic rings. The van der Waals surface area contributed by atoms with Gasteiger partial charge in [-0.25, -0.2) is 4.57 Å². The largest absolute Gasteiger partial charge is 0.779 e. The highest BCUT2D eigenvalue weighted by molar-refractivity contribution is 7.50. The quantitative estimate of drug-likeness (QED) is 0.0569. The second-order valence-corrected chi connectivity index (χ2v) is 16.0. The average Bonchev–Trinajstić information content (AvgIpc) is 3.12. The standard InChI is InChI=1S/C27H51O21P.CH5O4P/c1-10-17(33)25(22(38)27(45-10)48-23(11(31)4-28)12(32)7-44-49(3,39)40)42-8-15-20(36)26(19(35)14(6-30)46-15)43-9-16-24(41-2)21(37)18(34)13(5-29)47-16;1-5-6(2,3)4/h10-38H,4-9H2,1-3H3,(H,39,40);1H3,(H2,2,3,4)/p-1/t10?,11?,12?,13?,14?,15-,16-,17+,18+,19-,20?,21-,22?,23?,24?,25+,26-,27+;/m1./s1. The highest BCUT2D eigenvalue weighted by Crippen LogP contribution is 2.34. The zero-order valence-corrected chi connectivity index (χ0v) is 32.0. The van der Waals surface area contributed by atoms with E-state index in [1.54, 1.807) is 0 Å². The molecule has 55 heavy (non-hydrogen) atoms. The molecule has 25 nitrogen and oxygen atoms in total. The Morgan fingerprint density at radius 1 is 0.691 bits per heavy atom. The van der Waals surface area contributed by atoms with Crippen LogP contribution in [0.15, 0.2) is 0 Å². The van der Waals surface area contributed by atoms with Gasteiger partial charge in [0.1, 0.15) is 105 Å². The zero-order valence-electron chi connectivity index (χ0n) is 30.2. The van der Waals surface area contributed by atoms with Crippen LogP contribution in [-0.2, 0) is 51.3 Å². The summed E-state index contributed by atoms with van der Waals surface area (Å²) in [5.74, 6) is 0. The first kappa shape index (κ1) is 50.7. The third-order valence-electron chi connectivity index (χ3n) is 8.84. The highest BCUT2D eigenvalue weighted by Gasteiger charge is 2.50. The normalized spacial score (nSPS) is 40.0.